The SMILES string of the molecule is COc1ccc(NC(=O)C2(S(=O)(=O)N(C)c3ccccc3)CC2)c(OC)c1. The van der Waals surface area contributed by atoms with E-state index in [0.29, 0.717) is 22.9 Å². The summed E-state index contributed by atoms with van der Waals surface area (Å²) in [7, 11) is 0.583. The van der Waals surface area contributed by atoms with E-state index in [2.05, 4.69) is 5.32 Å². The third kappa shape index (κ3) is 3.32. The summed E-state index contributed by atoms with van der Waals surface area (Å²) in [5.74, 6) is 0.406. The highest BCUT2D eigenvalue weighted by Crippen LogP contribution is 2.47. The maximum atomic E-state index is 13.1. The molecule has 0 atom stereocenters. The van der Waals surface area contributed by atoms with E-state index < -0.39 is 20.7 Å². The predicted octanol–water partition coefficient (Wildman–Crippen LogP) is 2.64. The lowest BCUT2D eigenvalue weighted by Crippen LogP contribution is -2.45. The summed E-state index contributed by atoms with van der Waals surface area (Å²) in [6.07, 6.45) is 0.549. The third-order valence-electron chi connectivity index (χ3n) is 4.75. The van der Waals surface area contributed by atoms with Crippen LogP contribution in [0.2, 0.25) is 0 Å². The molecule has 1 aliphatic carbocycles. The smallest absolute Gasteiger partial charge is 0.249 e. The van der Waals surface area contributed by atoms with Crippen molar-refractivity contribution in [2.24, 2.45) is 0 Å². The molecular weight excluding hydrogens is 368 g/mol. The van der Waals surface area contributed by atoms with E-state index in [0.717, 1.165) is 0 Å². The number of para-hydroxylation sites is 1. The van der Waals surface area contributed by atoms with E-state index in [1.807, 2.05) is 0 Å². The van der Waals surface area contributed by atoms with Crippen molar-refractivity contribution < 1.29 is 22.7 Å². The molecule has 1 aliphatic rings. The number of carbonyl (C=O) groups is 1. The van der Waals surface area contributed by atoms with Gasteiger partial charge in [0.25, 0.3) is 0 Å². The minimum absolute atomic E-state index is 0.275. The highest BCUT2D eigenvalue weighted by molar-refractivity contribution is 7.95. The van der Waals surface area contributed by atoms with Crippen molar-refractivity contribution in [3.63, 3.8) is 0 Å². The molecule has 1 N–H and O–H groups in total. The van der Waals surface area contributed by atoms with E-state index in [1.54, 1.807) is 48.5 Å². The normalized spacial score (nSPS) is 14.9. The summed E-state index contributed by atoms with van der Waals surface area (Å²) in [6, 6.07) is 13.6. The largest absolute Gasteiger partial charge is 0.497 e. The van der Waals surface area contributed by atoms with Crippen LogP contribution in [0.1, 0.15) is 12.8 Å². The maximum absolute atomic E-state index is 13.1. The average Bonchev–Trinajstić information content (AvgIpc) is 3.51. The summed E-state index contributed by atoms with van der Waals surface area (Å²) in [5, 5.41) is 2.70. The van der Waals surface area contributed by atoms with Crippen LogP contribution in [0.25, 0.3) is 0 Å². The number of nitrogens with one attached hydrogen (secondary N) is 1. The number of rotatable bonds is 7. The molecule has 2 aromatic rings. The van der Waals surface area contributed by atoms with Crippen molar-refractivity contribution in [1.82, 2.24) is 0 Å². The van der Waals surface area contributed by atoms with Gasteiger partial charge in [0.1, 0.15) is 11.5 Å². The van der Waals surface area contributed by atoms with Crippen LogP contribution in [-0.2, 0) is 14.8 Å². The number of benzene rings is 2. The monoisotopic (exact) mass is 390 g/mol. The Morgan fingerprint density at radius 3 is 2.30 bits per heavy atom. The molecule has 0 saturated heterocycles. The summed E-state index contributed by atoms with van der Waals surface area (Å²) < 4.78 is 36.3. The molecule has 1 saturated carbocycles. The Morgan fingerprint density at radius 1 is 1.07 bits per heavy atom. The molecule has 0 aliphatic heterocycles. The number of anilines is 2. The minimum Gasteiger partial charge on any atom is -0.497 e. The van der Waals surface area contributed by atoms with Gasteiger partial charge in [-0.1, -0.05) is 18.2 Å². The zero-order chi connectivity index (χ0) is 19.7. The van der Waals surface area contributed by atoms with Crippen molar-refractivity contribution in [2.75, 3.05) is 30.9 Å². The van der Waals surface area contributed by atoms with E-state index in [-0.39, 0.29) is 12.8 Å². The van der Waals surface area contributed by atoms with Crippen LogP contribution < -0.4 is 19.1 Å². The third-order valence-corrected chi connectivity index (χ3v) is 7.26. The molecule has 0 aromatic heterocycles. The number of hydrogen-bond acceptors (Lipinski definition) is 5. The van der Waals surface area contributed by atoms with Gasteiger partial charge in [-0.25, -0.2) is 8.42 Å². The summed E-state index contributed by atoms with van der Waals surface area (Å²) >= 11 is 0. The van der Waals surface area contributed by atoms with Gasteiger partial charge in [-0.15, -0.1) is 0 Å². The highest BCUT2D eigenvalue weighted by Gasteiger charge is 2.62. The van der Waals surface area contributed by atoms with E-state index in [4.69, 9.17) is 9.47 Å². The lowest BCUT2D eigenvalue weighted by atomic mass is 10.2. The first-order valence-electron chi connectivity index (χ1n) is 8.43. The number of amides is 1. The first-order chi connectivity index (χ1) is 12.9. The van der Waals surface area contributed by atoms with Crippen molar-refractivity contribution in [3.8, 4) is 11.5 Å². The van der Waals surface area contributed by atoms with Crippen molar-refractivity contribution in [2.45, 2.75) is 17.6 Å². The summed E-state index contributed by atoms with van der Waals surface area (Å²) in [4.78, 5) is 12.9. The second kappa shape index (κ2) is 7.11. The molecule has 1 amide bonds. The Morgan fingerprint density at radius 2 is 1.74 bits per heavy atom. The van der Waals surface area contributed by atoms with Crippen LogP contribution in [-0.4, -0.2) is 40.3 Å². The molecule has 2 aromatic carbocycles. The first-order valence-corrected chi connectivity index (χ1v) is 9.87. The van der Waals surface area contributed by atoms with Crippen LogP contribution in [0.4, 0.5) is 11.4 Å². The van der Waals surface area contributed by atoms with Crippen molar-refractivity contribution >= 4 is 27.3 Å². The van der Waals surface area contributed by atoms with E-state index in [9.17, 15) is 13.2 Å². The first kappa shape index (κ1) is 19.0. The van der Waals surface area contributed by atoms with Crippen LogP contribution in [0.5, 0.6) is 11.5 Å². The minimum atomic E-state index is -3.88. The molecule has 27 heavy (non-hydrogen) atoms. The highest BCUT2D eigenvalue weighted by atomic mass is 32.2. The van der Waals surface area contributed by atoms with Gasteiger partial charge < -0.3 is 14.8 Å². The van der Waals surface area contributed by atoms with Gasteiger partial charge in [0.2, 0.25) is 15.9 Å². The molecule has 7 nitrogen and oxygen atoms in total. The Kier molecular flexibility index (Phi) is 5.01. The Balaban J connectivity index is 1.86. The van der Waals surface area contributed by atoms with E-state index >= 15 is 0 Å². The van der Waals surface area contributed by atoms with Crippen LogP contribution in [0.15, 0.2) is 48.5 Å². The van der Waals surface area contributed by atoms with Gasteiger partial charge in [-0.2, -0.15) is 0 Å². The molecule has 144 valence electrons. The van der Waals surface area contributed by atoms with Crippen LogP contribution in [0.3, 0.4) is 0 Å². The molecule has 1 fully saturated rings. The number of nitrogens with zero attached hydrogens (tertiary/aromatic N) is 1. The maximum Gasteiger partial charge on any atom is 0.249 e. The second-order valence-electron chi connectivity index (χ2n) is 6.32. The molecular formula is C19H22N2O5S. The quantitative estimate of drug-likeness (QED) is 0.786. The van der Waals surface area contributed by atoms with Gasteiger partial charge in [-0.3, -0.25) is 9.10 Å². The van der Waals surface area contributed by atoms with Gasteiger partial charge >= 0.3 is 0 Å². The zero-order valence-electron chi connectivity index (χ0n) is 15.4. The number of carbonyl (C=O) groups excluding carboxylic acids is 1. The fourth-order valence-corrected chi connectivity index (χ4v) is 4.72. The number of hydrogen-bond donors (Lipinski definition) is 1. The summed E-state index contributed by atoms with van der Waals surface area (Å²) in [6.45, 7) is 0. The van der Waals surface area contributed by atoms with Gasteiger partial charge in [0, 0.05) is 13.1 Å². The molecule has 0 radical (unpaired) electrons. The predicted molar refractivity (Wildman–Crippen MR) is 104 cm³/mol. The summed E-state index contributed by atoms with van der Waals surface area (Å²) in [5.41, 5.74) is 0.908. The number of ether oxygens (including phenoxy) is 2. The van der Waals surface area contributed by atoms with Crippen LogP contribution in [0, 0.1) is 0 Å². The molecule has 0 bridgehead atoms. The zero-order valence-corrected chi connectivity index (χ0v) is 16.2. The lowest BCUT2D eigenvalue weighted by Gasteiger charge is -2.25. The molecule has 8 heteroatoms. The fourth-order valence-electron chi connectivity index (χ4n) is 2.89. The van der Waals surface area contributed by atoms with Crippen molar-refractivity contribution in [1.29, 1.82) is 0 Å². The van der Waals surface area contributed by atoms with Crippen LogP contribution >= 0.6 is 0 Å². The Hall–Kier alpha value is -2.74. The molecule has 3 rings (SSSR count). The average molecular weight is 390 g/mol. The molecule has 0 heterocycles. The Labute approximate surface area is 158 Å². The topological polar surface area (TPSA) is 84.9 Å². The van der Waals surface area contributed by atoms with Gasteiger partial charge in [-0.05, 0) is 37.1 Å². The Bertz CT molecular complexity index is 940. The lowest BCUT2D eigenvalue weighted by molar-refractivity contribution is -0.116. The standard InChI is InChI=1S/C19H22N2O5S/c1-21(14-7-5-4-6-8-14)27(23,24)19(11-12-19)18(22)20-16-10-9-15(25-2)13-17(16)26-3/h4-10,13H,11-12H2,1-3H3,(H,20,22). The van der Waals surface area contributed by atoms with Gasteiger partial charge in [0.15, 0.2) is 4.75 Å². The molecule has 0 unspecified atom stereocenters. The number of sulfonamides is 1. The van der Waals surface area contributed by atoms with E-state index in [1.165, 1.54) is 25.6 Å². The number of methoxy groups -OCH3 is 2. The van der Waals surface area contributed by atoms with Crippen molar-refractivity contribution in [3.05, 3.63) is 48.5 Å². The fraction of sp³-hybridized carbons (Fsp3) is 0.316. The van der Waals surface area contributed by atoms with Gasteiger partial charge in [0.05, 0.1) is 25.6 Å². The second-order valence-corrected chi connectivity index (χ2v) is 8.60. The molecule has 0 spiro atoms.